The van der Waals surface area contributed by atoms with Crippen molar-refractivity contribution in [2.75, 3.05) is 12.4 Å². The number of amides is 1. The van der Waals surface area contributed by atoms with Crippen molar-refractivity contribution < 1.29 is 9.90 Å². The molecule has 1 amide bonds. The van der Waals surface area contributed by atoms with Gasteiger partial charge in [-0.1, -0.05) is 6.07 Å². The molecular formula is C10H14N2O2. The molecule has 1 aromatic heterocycles. The Bertz CT molecular complexity index is 283. The minimum absolute atomic E-state index is 0.105. The Kier molecular flexibility index (Phi) is 4.07. The lowest BCUT2D eigenvalue weighted by molar-refractivity contribution is -0.117. The largest absolute Gasteiger partial charge is 0.400 e. The third kappa shape index (κ3) is 3.14. The Morgan fingerprint density at radius 3 is 2.71 bits per heavy atom. The van der Waals surface area contributed by atoms with Crippen LogP contribution in [0.4, 0.5) is 5.82 Å². The van der Waals surface area contributed by atoms with Crippen LogP contribution >= 0.6 is 0 Å². The van der Waals surface area contributed by atoms with Gasteiger partial charge in [0.1, 0.15) is 5.82 Å². The Morgan fingerprint density at radius 1 is 1.50 bits per heavy atom. The summed E-state index contributed by atoms with van der Waals surface area (Å²) in [5.41, 5.74) is 0. The number of hydrogen-bond donors (Lipinski definition) is 2. The quantitative estimate of drug-likeness (QED) is 0.739. The minimum Gasteiger partial charge on any atom is -0.400 e. The van der Waals surface area contributed by atoms with Crippen molar-refractivity contribution >= 4 is 11.7 Å². The molecule has 1 aliphatic carbocycles. The SMILES string of the molecule is CO.O=C(Nc1ccccn1)C1CC1. The summed E-state index contributed by atoms with van der Waals surface area (Å²) >= 11 is 0. The van der Waals surface area contributed by atoms with Gasteiger partial charge in [-0.2, -0.15) is 0 Å². The summed E-state index contributed by atoms with van der Waals surface area (Å²) in [6.07, 6.45) is 3.72. The highest BCUT2D eigenvalue weighted by Crippen LogP contribution is 2.29. The molecule has 1 heterocycles. The summed E-state index contributed by atoms with van der Waals surface area (Å²) in [5, 5.41) is 9.75. The molecule has 2 N–H and O–H groups in total. The predicted molar refractivity (Wildman–Crippen MR) is 53.7 cm³/mol. The van der Waals surface area contributed by atoms with Crippen molar-refractivity contribution in [3.63, 3.8) is 0 Å². The molecule has 1 fully saturated rings. The van der Waals surface area contributed by atoms with E-state index < -0.39 is 0 Å². The summed E-state index contributed by atoms with van der Waals surface area (Å²) in [7, 11) is 1.00. The molecule has 0 bridgehead atoms. The van der Waals surface area contributed by atoms with Crippen LogP contribution in [-0.4, -0.2) is 23.1 Å². The lowest BCUT2D eigenvalue weighted by Gasteiger charge is -2.00. The predicted octanol–water partition coefficient (Wildman–Crippen LogP) is 1.04. The number of hydrogen-bond acceptors (Lipinski definition) is 3. The van der Waals surface area contributed by atoms with Crippen LogP contribution in [0.5, 0.6) is 0 Å². The Balaban J connectivity index is 0.000000461. The van der Waals surface area contributed by atoms with Gasteiger partial charge in [0.25, 0.3) is 0 Å². The van der Waals surface area contributed by atoms with Crippen LogP contribution in [-0.2, 0) is 4.79 Å². The van der Waals surface area contributed by atoms with Crippen molar-refractivity contribution in [1.82, 2.24) is 4.98 Å². The van der Waals surface area contributed by atoms with Gasteiger partial charge < -0.3 is 10.4 Å². The first-order valence-electron chi connectivity index (χ1n) is 4.53. The molecule has 0 aliphatic heterocycles. The number of pyridine rings is 1. The number of rotatable bonds is 2. The fraction of sp³-hybridized carbons (Fsp3) is 0.400. The highest BCUT2D eigenvalue weighted by Gasteiger charge is 2.29. The molecule has 0 radical (unpaired) electrons. The van der Waals surface area contributed by atoms with Crippen LogP contribution in [0, 0.1) is 5.92 Å². The molecule has 0 unspecified atom stereocenters. The number of nitrogens with one attached hydrogen (secondary N) is 1. The van der Waals surface area contributed by atoms with E-state index >= 15 is 0 Å². The summed E-state index contributed by atoms with van der Waals surface area (Å²) in [6, 6.07) is 5.47. The Morgan fingerprint density at radius 2 is 2.21 bits per heavy atom. The topological polar surface area (TPSA) is 62.2 Å². The number of anilines is 1. The third-order valence-corrected chi connectivity index (χ3v) is 1.86. The maximum absolute atomic E-state index is 11.2. The number of aromatic nitrogens is 1. The molecule has 1 saturated carbocycles. The van der Waals surface area contributed by atoms with Crippen LogP contribution in [0.1, 0.15) is 12.8 Å². The molecular weight excluding hydrogens is 180 g/mol. The first kappa shape index (κ1) is 10.7. The number of aliphatic hydroxyl groups is 1. The van der Waals surface area contributed by atoms with Crippen LogP contribution in [0.15, 0.2) is 24.4 Å². The molecule has 1 aromatic rings. The van der Waals surface area contributed by atoms with E-state index in [0.29, 0.717) is 5.82 Å². The monoisotopic (exact) mass is 194 g/mol. The lowest BCUT2D eigenvalue weighted by atomic mass is 10.4. The smallest absolute Gasteiger partial charge is 0.228 e. The number of aliphatic hydroxyl groups excluding tert-OH is 1. The average molecular weight is 194 g/mol. The van der Waals surface area contributed by atoms with E-state index in [2.05, 4.69) is 10.3 Å². The van der Waals surface area contributed by atoms with E-state index in [4.69, 9.17) is 5.11 Å². The van der Waals surface area contributed by atoms with Gasteiger partial charge in [-0.3, -0.25) is 4.79 Å². The number of carbonyl (C=O) groups excluding carboxylic acids is 1. The third-order valence-electron chi connectivity index (χ3n) is 1.86. The normalized spacial score (nSPS) is 13.9. The number of nitrogens with zero attached hydrogens (tertiary/aromatic N) is 1. The van der Waals surface area contributed by atoms with Gasteiger partial charge in [0, 0.05) is 19.2 Å². The zero-order valence-corrected chi connectivity index (χ0v) is 8.10. The molecule has 76 valence electrons. The van der Waals surface area contributed by atoms with Gasteiger partial charge in [-0.05, 0) is 25.0 Å². The first-order chi connectivity index (χ1) is 6.86. The van der Waals surface area contributed by atoms with E-state index in [0.717, 1.165) is 20.0 Å². The zero-order valence-electron chi connectivity index (χ0n) is 8.10. The fourth-order valence-electron chi connectivity index (χ4n) is 1.01. The Hall–Kier alpha value is -1.42. The van der Waals surface area contributed by atoms with Crippen molar-refractivity contribution in [3.05, 3.63) is 24.4 Å². The second-order valence-corrected chi connectivity index (χ2v) is 2.98. The van der Waals surface area contributed by atoms with Crippen LogP contribution in [0.25, 0.3) is 0 Å². The van der Waals surface area contributed by atoms with E-state index in [1.165, 1.54) is 0 Å². The van der Waals surface area contributed by atoms with Gasteiger partial charge in [0.2, 0.25) is 5.91 Å². The molecule has 4 heteroatoms. The minimum atomic E-state index is 0.105. The maximum Gasteiger partial charge on any atom is 0.228 e. The Labute approximate surface area is 83.0 Å². The number of carbonyl (C=O) groups is 1. The van der Waals surface area contributed by atoms with E-state index in [1.807, 2.05) is 12.1 Å². The standard InChI is InChI=1S/C9H10N2O.CH4O/c12-9(7-4-5-7)11-8-3-1-2-6-10-8;1-2/h1-3,6-7H,4-5H2,(H,10,11,12);2H,1H3. The highest BCUT2D eigenvalue weighted by atomic mass is 16.2. The first-order valence-corrected chi connectivity index (χ1v) is 4.53. The second kappa shape index (κ2) is 5.34. The van der Waals surface area contributed by atoms with Gasteiger partial charge in [-0.25, -0.2) is 4.98 Å². The second-order valence-electron chi connectivity index (χ2n) is 2.98. The van der Waals surface area contributed by atoms with Crippen LogP contribution in [0.2, 0.25) is 0 Å². The van der Waals surface area contributed by atoms with Crippen molar-refractivity contribution in [2.45, 2.75) is 12.8 Å². The van der Waals surface area contributed by atoms with Crippen molar-refractivity contribution in [2.24, 2.45) is 5.92 Å². The van der Waals surface area contributed by atoms with Crippen LogP contribution < -0.4 is 5.32 Å². The van der Waals surface area contributed by atoms with Crippen molar-refractivity contribution in [1.29, 1.82) is 0 Å². The molecule has 0 spiro atoms. The fourth-order valence-corrected chi connectivity index (χ4v) is 1.01. The molecule has 1 aliphatic rings. The highest BCUT2D eigenvalue weighted by molar-refractivity contribution is 5.93. The summed E-state index contributed by atoms with van der Waals surface area (Å²) < 4.78 is 0. The van der Waals surface area contributed by atoms with Gasteiger partial charge in [0.15, 0.2) is 0 Å². The summed E-state index contributed by atoms with van der Waals surface area (Å²) in [6.45, 7) is 0. The van der Waals surface area contributed by atoms with E-state index in [1.54, 1.807) is 12.3 Å². The molecule has 0 atom stereocenters. The molecule has 0 saturated heterocycles. The summed E-state index contributed by atoms with van der Waals surface area (Å²) in [5.74, 6) is 0.995. The van der Waals surface area contributed by atoms with Gasteiger partial charge in [0.05, 0.1) is 0 Å². The van der Waals surface area contributed by atoms with Crippen LogP contribution in [0.3, 0.4) is 0 Å². The molecule has 4 nitrogen and oxygen atoms in total. The molecule has 0 aromatic carbocycles. The lowest BCUT2D eigenvalue weighted by Crippen LogP contribution is -2.13. The van der Waals surface area contributed by atoms with Crippen molar-refractivity contribution in [3.8, 4) is 0 Å². The average Bonchev–Trinajstić information content (AvgIpc) is 3.05. The van der Waals surface area contributed by atoms with Gasteiger partial charge in [-0.15, -0.1) is 0 Å². The summed E-state index contributed by atoms with van der Waals surface area (Å²) in [4.78, 5) is 15.2. The van der Waals surface area contributed by atoms with E-state index in [-0.39, 0.29) is 11.8 Å². The van der Waals surface area contributed by atoms with E-state index in [9.17, 15) is 4.79 Å². The maximum atomic E-state index is 11.2. The molecule has 14 heavy (non-hydrogen) atoms. The zero-order chi connectivity index (χ0) is 10.4. The van der Waals surface area contributed by atoms with Gasteiger partial charge >= 0.3 is 0 Å². The molecule has 2 rings (SSSR count).